The Bertz CT molecular complexity index is 222. The van der Waals surface area contributed by atoms with E-state index < -0.39 is 0 Å². The van der Waals surface area contributed by atoms with E-state index in [1.54, 1.807) is 0 Å². The van der Waals surface area contributed by atoms with Crippen molar-refractivity contribution in [2.75, 3.05) is 20.1 Å². The molecular formula is C12H22N2O. The average molecular weight is 210 g/mol. The van der Waals surface area contributed by atoms with Crippen molar-refractivity contribution in [2.45, 2.75) is 44.6 Å². The summed E-state index contributed by atoms with van der Waals surface area (Å²) >= 11 is 0. The number of nitrogens with one attached hydrogen (secondary N) is 1. The lowest BCUT2D eigenvalue weighted by atomic mass is 9.85. The Balaban J connectivity index is 1.55. The van der Waals surface area contributed by atoms with Crippen LogP contribution in [0.1, 0.15) is 38.5 Å². The van der Waals surface area contributed by atoms with Crippen LogP contribution in [0.2, 0.25) is 0 Å². The fourth-order valence-electron chi connectivity index (χ4n) is 2.03. The van der Waals surface area contributed by atoms with E-state index in [4.69, 9.17) is 0 Å². The summed E-state index contributed by atoms with van der Waals surface area (Å²) in [5, 5.41) is 3.38. The smallest absolute Gasteiger partial charge is 0.223 e. The molecule has 0 radical (unpaired) electrons. The maximum atomic E-state index is 11.7. The van der Waals surface area contributed by atoms with Crippen molar-refractivity contribution in [3.05, 3.63) is 0 Å². The zero-order valence-corrected chi connectivity index (χ0v) is 9.67. The summed E-state index contributed by atoms with van der Waals surface area (Å²) in [4.78, 5) is 13.6. The van der Waals surface area contributed by atoms with Crippen LogP contribution < -0.4 is 5.32 Å². The second kappa shape index (κ2) is 4.97. The van der Waals surface area contributed by atoms with Crippen LogP contribution in [0.3, 0.4) is 0 Å². The highest BCUT2D eigenvalue weighted by Crippen LogP contribution is 2.26. The normalized spacial score (nSPS) is 21.1. The molecule has 86 valence electrons. The highest BCUT2D eigenvalue weighted by Gasteiger charge is 2.22. The van der Waals surface area contributed by atoms with Gasteiger partial charge in [0.15, 0.2) is 0 Å². The first kappa shape index (κ1) is 10.9. The van der Waals surface area contributed by atoms with Gasteiger partial charge in [-0.25, -0.2) is 0 Å². The molecule has 2 fully saturated rings. The standard InChI is InChI=1S/C12H22N2O/c1-14(9-10-3-2-4-10)12(15)7-8-13-11-5-6-11/h10-11,13H,2-9H2,1H3. The Morgan fingerprint density at radius 3 is 2.60 bits per heavy atom. The number of carbonyl (C=O) groups is 1. The van der Waals surface area contributed by atoms with E-state index in [1.807, 2.05) is 11.9 Å². The zero-order chi connectivity index (χ0) is 10.7. The van der Waals surface area contributed by atoms with Gasteiger partial charge in [-0.2, -0.15) is 0 Å². The fraction of sp³-hybridized carbons (Fsp3) is 0.917. The molecule has 15 heavy (non-hydrogen) atoms. The molecule has 0 aromatic carbocycles. The van der Waals surface area contributed by atoms with Crippen molar-refractivity contribution < 1.29 is 4.79 Å². The Hall–Kier alpha value is -0.570. The fourth-order valence-corrected chi connectivity index (χ4v) is 2.03. The van der Waals surface area contributed by atoms with Crippen molar-refractivity contribution in [3.8, 4) is 0 Å². The van der Waals surface area contributed by atoms with Crippen LogP contribution >= 0.6 is 0 Å². The summed E-state index contributed by atoms with van der Waals surface area (Å²) in [5.74, 6) is 1.09. The maximum absolute atomic E-state index is 11.7. The summed E-state index contributed by atoms with van der Waals surface area (Å²) in [6, 6.07) is 0.717. The molecule has 3 heteroatoms. The van der Waals surface area contributed by atoms with Crippen molar-refractivity contribution in [2.24, 2.45) is 5.92 Å². The van der Waals surface area contributed by atoms with Crippen molar-refractivity contribution in [1.82, 2.24) is 10.2 Å². The monoisotopic (exact) mass is 210 g/mol. The summed E-state index contributed by atoms with van der Waals surface area (Å²) in [6.07, 6.45) is 7.25. The third kappa shape index (κ3) is 3.49. The van der Waals surface area contributed by atoms with Crippen molar-refractivity contribution >= 4 is 5.91 Å². The molecule has 0 spiro atoms. The number of hydrogen-bond donors (Lipinski definition) is 1. The molecule has 0 aromatic rings. The van der Waals surface area contributed by atoms with E-state index in [2.05, 4.69) is 5.32 Å². The van der Waals surface area contributed by atoms with Crippen LogP contribution in [0.5, 0.6) is 0 Å². The minimum Gasteiger partial charge on any atom is -0.345 e. The lowest BCUT2D eigenvalue weighted by Crippen LogP contribution is -2.35. The number of rotatable bonds is 6. The van der Waals surface area contributed by atoms with Crippen LogP contribution in [0.15, 0.2) is 0 Å². The van der Waals surface area contributed by atoms with Gasteiger partial charge in [-0.05, 0) is 31.6 Å². The van der Waals surface area contributed by atoms with Gasteiger partial charge in [0, 0.05) is 32.6 Å². The predicted octanol–water partition coefficient (Wildman–Crippen LogP) is 1.39. The minimum absolute atomic E-state index is 0.301. The third-order valence-electron chi connectivity index (χ3n) is 3.53. The van der Waals surface area contributed by atoms with Crippen LogP contribution in [-0.4, -0.2) is 37.0 Å². The number of amides is 1. The van der Waals surface area contributed by atoms with Crippen molar-refractivity contribution in [3.63, 3.8) is 0 Å². The van der Waals surface area contributed by atoms with Gasteiger partial charge >= 0.3 is 0 Å². The van der Waals surface area contributed by atoms with Gasteiger partial charge in [0.05, 0.1) is 0 Å². The Morgan fingerprint density at radius 1 is 1.33 bits per heavy atom. The quantitative estimate of drug-likeness (QED) is 0.718. The largest absolute Gasteiger partial charge is 0.345 e. The molecule has 0 aromatic heterocycles. The number of carbonyl (C=O) groups excluding carboxylic acids is 1. The van der Waals surface area contributed by atoms with Crippen LogP contribution in [0.4, 0.5) is 0 Å². The van der Waals surface area contributed by atoms with Gasteiger partial charge in [-0.15, -0.1) is 0 Å². The van der Waals surface area contributed by atoms with Crippen LogP contribution in [-0.2, 0) is 4.79 Å². The zero-order valence-electron chi connectivity index (χ0n) is 9.67. The van der Waals surface area contributed by atoms with Gasteiger partial charge in [-0.1, -0.05) is 6.42 Å². The molecule has 0 unspecified atom stereocenters. The Kier molecular flexibility index (Phi) is 3.62. The van der Waals surface area contributed by atoms with Crippen LogP contribution in [0, 0.1) is 5.92 Å². The molecule has 0 heterocycles. The molecule has 2 aliphatic carbocycles. The molecule has 1 amide bonds. The molecular weight excluding hydrogens is 188 g/mol. The van der Waals surface area contributed by atoms with E-state index in [-0.39, 0.29) is 0 Å². The van der Waals surface area contributed by atoms with E-state index in [1.165, 1.54) is 32.1 Å². The highest BCUT2D eigenvalue weighted by molar-refractivity contribution is 5.76. The van der Waals surface area contributed by atoms with Gasteiger partial charge in [0.1, 0.15) is 0 Å². The Morgan fingerprint density at radius 2 is 2.07 bits per heavy atom. The molecule has 3 nitrogen and oxygen atoms in total. The molecule has 0 aliphatic heterocycles. The predicted molar refractivity (Wildman–Crippen MR) is 60.6 cm³/mol. The molecule has 2 rings (SSSR count). The number of hydrogen-bond acceptors (Lipinski definition) is 2. The summed E-state index contributed by atoms with van der Waals surface area (Å²) in [5.41, 5.74) is 0. The summed E-state index contributed by atoms with van der Waals surface area (Å²) < 4.78 is 0. The van der Waals surface area contributed by atoms with Gasteiger partial charge < -0.3 is 10.2 Å². The molecule has 1 N–H and O–H groups in total. The highest BCUT2D eigenvalue weighted by atomic mass is 16.2. The first-order chi connectivity index (χ1) is 7.25. The first-order valence-corrected chi connectivity index (χ1v) is 6.23. The lowest BCUT2D eigenvalue weighted by Gasteiger charge is -2.30. The Labute approximate surface area is 92.2 Å². The average Bonchev–Trinajstić information content (AvgIpc) is 2.94. The topological polar surface area (TPSA) is 32.3 Å². The molecule has 0 atom stereocenters. The van der Waals surface area contributed by atoms with E-state index in [0.29, 0.717) is 12.3 Å². The van der Waals surface area contributed by atoms with E-state index in [0.717, 1.165) is 25.0 Å². The van der Waals surface area contributed by atoms with Gasteiger partial charge in [0.25, 0.3) is 0 Å². The summed E-state index contributed by atoms with van der Waals surface area (Å²) in [6.45, 7) is 1.83. The lowest BCUT2D eigenvalue weighted by molar-refractivity contribution is -0.130. The van der Waals surface area contributed by atoms with E-state index >= 15 is 0 Å². The minimum atomic E-state index is 0.301. The van der Waals surface area contributed by atoms with Crippen molar-refractivity contribution in [1.29, 1.82) is 0 Å². The number of nitrogens with zero attached hydrogens (tertiary/aromatic N) is 1. The molecule has 2 aliphatic rings. The molecule has 2 saturated carbocycles. The second-order valence-electron chi connectivity index (χ2n) is 5.05. The maximum Gasteiger partial charge on any atom is 0.223 e. The first-order valence-electron chi connectivity index (χ1n) is 6.23. The van der Waals surface area contributed by atoms with E-state index in [9.17, 15) is 4.79 Å². The van der Waals surface area contributed by atoms with Crippen LogP contribution in [0.25, 0.3) is 0 Å². The molecule has 0 bridgehead atoms. The second-order valence-corrected chi connectivity index (χ2v) is 5.05. The third-order valence-corrected chi connectivity index (χ3v) is 3.53. The SMILES string of the molecule is CN(CC1CCC1)C(=O)CCNC1CC1. The molecule has 0 saturated heterocycles. The van der Waals surface area contributed by atoms with Gasteiger partial charge in [0.2, 0.25) is 5.91 Å². The van der Waals surface area contributed by atoms with Gasteiger partial charge in [-0.3, -0.25) is 4.79 Å². The summed E-state index contributed by atoms with van der Waals surface area (Å²) in [7, 11) is 1.94.